The van der Waals surface area contributed by atoms with Crippen molar-refractivity contribution in [3.05, 3.63) is 143 Å². The van der Waals surface area contributed by atoms with Crippen LogP contribution < -0.4 is 0 Å². The van der Waals surface area contributed by atoms with Gasteiger partial charge in [0, 0.05) is 36.4 Å². The van der Waals surface area contributed by atoms with Gasteiger partial charge in [0.25, 0.3) is 0 Å². The minimum atomic E-state index is -4.02. The summed E-state index contributed by atoms with van der Waals surface area (Å²) < 4.78 is 30.7. The molecule has 5 nitrogen and oxygen atoms in total. The molecule has 1 aliphatic rings. The Bertz CT molecular complexity index is 1730. The molecule has 2 atom stereocenters. The molecular weight excluding hydrogens is 566 g/mol. The number of carbonyl (C=O) groups is 2. The highest BCUT2D eigenvalue weighted by Gasteiger charge is 2.44. The molecule has 0 bridgehead atoms. The summed E-state index contributed by atoms with van der Waals surface area (Å²) in [6.07, 6.45) is 0.816. The lowest BCUT2D eigenvalue weighted by molar-refractivity contribution is -0.120. The monoisotopic (exact) mass is 605 g/mol. The molecule has 0 fully saturated rings. The van der Waals surface area contributed by atoms with Crippen molar-refractivity contribution in [1.82, 2.24) is 4.31 Å². The second-order valence-corrected chi connectivity index (χ2v) is 13.9. The number of benzene rings is 4. The van der Waals surface area contributed by atoms with E-state index in [1.165, 1.54) is 0 Å². The van der Waals surface area contributed by atoms with Gasteiger partial charge in [-0.15, -0.1) is 0 Å². The number of carbonyl (C=O) groups excluding carboxylic acids is 2. The third-order valence-corrected chi connectivity index (χ3v) is 10.0. The Balaban J connectivity index is 1.78. The Labute approximate surface area is 261 Å². The zero-order chi connectivity index (χ0) is 31.3. The van der Waals surface area contributed by atoms with Crippen LogP contribution in [0.15, 0.2) is 126 Å². The van der Waals surface area contributed by atoms with E-state index in [-0.39, 0.29) is 35.3 Å². The van der Waals surface area contributed by atoms with Crippen molar-refractivity contribution in [3.63, 3.8) is 0 Å². The first-order valence-electron chi connectivity index (χ1n) is 15.2. The molecule has 0 spiro atoms. The highest BCUT2D eigenvalue weighted by molar-refractivity contribution is 7.89. The average molecular weight is 606 g/mol. The number of ketones is 2. The van der Waals surface area contributed by atoms with Crippen LogP contribution in [0.1, 0.15) is 53.7 Å². The summed E-state index contributed by atoms with van der Waals surface area (Å²) in [4.78, 5) is 28.1. The summed E-state index contributed by atoms with van der Waals surface area (Å²) in [5.41, 5.74) is 4.39. The summed E-state index contributed by atoms with van der Waals surface area (Å²) in [6.45, 7) is 5.93. The van der Waals surface area contributed by atoms with E-state index in [0.717, 1.165) is 16.7 Å². The van der Waals surface area contributed by atoms with E-state index in [2.05, 4.69) is 0 Å². The predicted molar refractivity (Wildman–Crippen MR) is 176 cm³/mol. The van der Waals surface area contributed by atoms with Crippen molar-refractivity contribution in [2.75, 3.05) is 6.54 Å². The first-order chi connectivity index (χ1) is 21.1. The van der Waals surface area contributed by atoms with Gasteiger partial charge >= 0.3 is 0 Å². The number of rotatable bonds is 11. The molecule has 44 heavy (non-hydrogen) atoms. The van der Waals surface area contributed by atoms with Crippen LogP contribution in [0.25, 0.3) is 5.57 Å². The van der Waals surface area contributed by atoms with E-state index >= 15 is 0 Å². The number of aryl methyl sites for hydroxylation is 1. The van der Waals surface area contributed by atoms with E-state index < -0.39 is 22.0 Å². The SMILES string of the molecule is Cc1ccc(S(=O)(=O)N2CC(CC(=O)CC(C)C)C(C(=O)c3ccccc3)=C(c3ccccc3)C2Cc2ccccc2)cc1. The molecule has 0 amide bonds. The summed E-state index contributed by atoms with van der Waals surface area (Å²) in [7, 11) is -4.02. The number of sulfonamides is 1. The third kappa shape index (κ3) is 6.98. The molecule has 5 rings (SSSR count). The van der Waals surface area contributed by atoms with Gasteiger partial charge in [-0.1, -0.05) is 123 Å². The number of nitrogens with zero attached hydrogens (tertiary/aromatic N) is 1. The van der Waals surface area contributed by atoms with Crippen molar-refractivity contribution >= 4 is 27.2 Å². The molecule has 0 saturated carbocycles. The first kappa shape index (κ1) is 31.3. The van der Waals surface area contributed by atoms with Gasteiger partial charge in [0.2, 0.25) is 10.0 Å². The quantitative estimate of drug-likeness (QED) is 0.165. The van der Waals surface area contributed by atoms with Crippen molar-refractivity contribution in [3.8, 4) is 0 Å². The molecule has 0 aromatic heterocycles. The van der Waals surface area contributed by atoms with Gasteiger partial charge in [-0.25, -0.2) is 8.42 Å². The molecule has 6 heteroatoms. The molecule has 1 heterocycles. The average Bonchev–Trinajstić information content (AvgIpc) is 3.02. The number of Topliss-reactive ketones (excluding diaryl/α,β-unsaturated/α-hetero) is 2. The maximum absolute atomic E-state index is 14.6. The standard InChI is InChI=1S/C38H39NO4S/c1-27(2)23-33(40)25-32-26-39(44(42,43)34-21-19-28(3)20-22-34)35(24-29-13-7-4-8-14-29)36(30-15-9-5-10-16-30)37(32)38(41)31-17-11-6-12-18-31/h4-22,27,32,35H,23-26H2,1-3H3. The number of hydrogen-bond acceptors (Lipinski definition) is 4. The van der Waals surface area contributed by atoms with Crippen LogP contribution in [0.3, 0.4) is 0 Å². The Morgan fingerprint density at radius 1 is 0.795 bits per heavy atom. The van der Waals surface area contributed by atoms with E-state index in [4.69, 9.17) is 0 Å². The van der Waals surface area contributed by atoms with Gasteiger partial charge in [0.05, 0.1) is 10.9 Å². The molecular formula is C38H39NO4S. The van der Waals surface area contributed by atoms with Gasteiger partial charge in [0.15, 0.2) is 5.78 Å². The van der Waals surface area contributed by atoms with E-state index in [0.29, 0.717) is 29.6 Å². The normalized spacial score (nSPS) is 17.5. The summed E-state index contributed by atoms with van der Waals surface area (Å²) in [5.74, 6) is -0.617. The zero-order valence-electron chi connectivity index (χ0n) is 25.5. The lowest BCUT2D eigenvalue weighted by atomic mass is 9.76. The second kappa shape index (κ2) is 13.7. The van der Waals surface area contributed by atoms with Crippen molar-refractivity contribution < 1.29 is 18.0 Å². The number of hydrogen-bond donors (Lipinski definition) is 0. The predicted octanol–water partition coefficient (Wildman–Crippen LogP) is 7.57. The summed E-state index contributed by atoms with van der Waals surface area (Å²) in [6, 6.07) is 34.6. The smallest absolute Gasteiger partial charge is 0.243 e. The highest BCUT2D eigenvalue weighted by Crippen LogP contribution is 2.42. The minimum Gasteiger partial charge on any atom is -0.300 e. The summed E-state index contributed by atoms with van der Waals surface area (Å²) in [5, 5.41) is 0. The molecule has 0 N–H and O–H groups in total. The maximum Gasteiger partial charge on any atom is 0.243 e. The highest BCUT2D eigenvalue weighted by atomic mass is 32.2. The molecule has 2 unspecified atom stereocenters. The second-order valence-electron chi connectivity index (χ2n) is 12.0. The van der Waals surface area contributed by atoms with Crippen LogP contribution in [0.2, 0.25) is 0 Å². The van der Waals surface area contributed by atoms with Crippen LogP contribution >= 0.6 is 0 Å². The molecule has 4 aromatic carbocycles. The van der Waals surface area contributed by atoms with Crippen LogP contribution in [-0.2, 0) is 21.2 Å². The fraction of sp³-hybridized carbons (Fsp3) is 0.263. The Morgan fingerprint density at radius 2 is 1.36 bits per heavy atom. The fourth-order valence-corrected chi connectivity index (χ4v) is 7.77. The maximum atomic E-state index is 14.6. The van der Waals surface area contributed by atoms with Crippen LogP contribution in [0, 0.1) is 18.8 Å². The molecule has 1 aliphatic heterocycles. The Hall–Kier alpha value is -4.13. The zero-order valence-corrected chi connectivity index (χ0v) is 26.3. The van der Waals surface area contributed by atoms with Gasteiger partial charge in [-0.05, 0) is 48.1 Å². The van der Waals surface area contributed by atoms with Crippen LogP contribution in [0.5, 0.6) is 0 Å². The molecule has 0 saturated heterocycles. The summed E-state index contributed by atoms with van der Waals surface area (Å²) >= 11 is 0. The van der Waals surface area contributed by atoms with Gasteiger partial charge in [-0.3, -0.25) is 9.59 Å². The molecule has 4 aromatic rings. The lowest BCUT2D eigenvalue weighted by Crippen LogP contribution is -2.50. The van der Waals surface area contributed by atoms with E-state index in [1.807, 2.05) is 99.6 Å². The third-order valence-electron chi connectivity index (χ3n) is 8.15. The van der Waals surface area contributed by atoms with Gasteiger partial charge in [-0.2, -0.15) is 4.31 Å². The van der Waals surface area contributed by atoms with Crippen molar-refractivity contribution in [1.29, 1.82) is 0 Å². The van der Waals surface area contributed by atoms with Crippen LogP contribution in [-0.4, -0.2) is 36.9 Å². The minimum absolute atomic E-state index is 0.0185. The Kier molecular flexibility index (Phi) is 9.72. The largest absolute Gasteiger partial charge is 0.300 e. The topological polar surface area (TPSA) is 71.5 Å². The van der Waals surface area contributed by atoms with Crippen LogP contribution in [0.4, 0.5) is 0 Å². The molecule has 0 radical (unpaired) electrons. The van der Waals surface area contributed by atoms with E-state index in [9.17, 15) is 18.0 Å². The molecule has 0 aliphatic carbocycles. The van der Waals surface area contributed by atoms with E-state index in [1.54, 1.807) is 40.7 Å². The van der Waals surface area contributed by atoms with Gasteiger partial charge < -0.3 is 0 Å². The van der Waals surface area contributed by atoms with Crippen molar-refractivity contribution in [2.24, 2.45) is 11.8 Å². The Morgan fingerprint density at radius 3 is 1.95 bits per heavy atom. The van der Waals surface area contributed by atoms with Crippen molar-refractivity contribution in [2.45, 2.75) is 51.0 Å². The first-order valence-corrected chi connectivity index (χ1v) is 16.6. The lowest BCUT2D eigenvalue weighted by Gasteiger charge is -2.42. The molecule has 226 valence electrons. The van der Waals surface area contributed by atoms with Gasteiger partial charge in [0.1, 0.15) is 5.78 Å². The fourth-order valence-electron chi connectivity index (χ4n) is 6.13.